The first-order valence-electron chi connectivity index (χ1n) is 6.28. The van der Waals surface area contributed by atoms with Gasteiger partial charge in [0, 0.05) is 5.69 Å². The van der Waals surface area contributed by atoms with Gasteiger partial charge in [0.1, 0.15) is 11.6 Å². The lowest BCUT2D eigenvalue weighted by atomic mass is 10.2. The lowest BCUT2D eigenvalue weighted by Crippen LogP contribution is -2.15. The Morgan fingerprint density at radius 3 is 2.76 bits per heavy atom. The van der Waals surface area contributed by atoms with Crippen molar-refractivity contribution < 1.29 is 13.9 Å². The number of hydrogen-bond acceptors (Lipinski definition) is 3. The van der Waals surface area contributed by atoms with Gasteiger partial charge in [0.05, 0.1) is 22.3 Å². The molecule has 0 aliphatic heterocycles. The van der Waals surface area contributed by atoms with Crippen molar-refractivity contribution in [2.75, 3.05) is 17.7 Å². The summed E-state index contributed by atoms with van der Waals surface area (Å²) in [5, 5.41) is 2.64. The summed E-state index contributed by atoms with van der Waals surface area (Å²) < 4.78 is 19.5. The quantitative estimate of drug-likeness (QED) is 0.597. The highest BCUT2D eigenvalue weighted by atomic mass is 127. The van der Waals surface area contributed by atoms with Gasteiger partial charge < -0.3 is 15.8 Å². The molecule has 0 unspecified atom stereocenters. The molecule has 2 aromatic carbocycles. The number of amides is 1. The molecule has 110 valence electrons. The van der Waals surface area contributed by atoms with E-state index in [9.17, 15) is 9.18 Å². The molecule has 6 heteroatoms. The molecule has 0 aliphatic carbocycles. The molecule has 0 atom stereocenters. The minimum Gasteiger partial charge on any atom is -0.492 e. The van der Waals surface area contributed by atoms with Crippen LogP contribution in [0.15, 0.2) is 42.5 Å². The summed E-state index contributed by atoms with van der Waals surface area (Å²) in [5.41, 5.74) is 5.91. The van der Waals surface area contributed by atoms with Crippen LogP contribution >= 0.6 is 22.6 Å². The van der Waals surface area contributed by atoms with E-state index in [2.05, 4.69) is 27.9 Å². The number of nitrogens with two attached hydrogens (primary N) is 1. The van der Waals surface area contributed by atoms with Crippen molar-refractivity contribution in [2.24, 2.45) is 0 Å². The average Bonchev–Trinajstić information content (AvgIpc) is 2.45. The number of carbonyl (C=O) groups is 1. The van der Waals surface area contributed by atoms with E-state index in [1.807, 2.05) is 24.3 Å². The number of anilines is 2. The largest absolute Gasteiger partial charge is 0.492 e. The molecule has 0 saturated carbocycles. The standard InChI is InChI=1S/C15H14FIN2O2/c16-11-6-5-10(9-13(11)18)19-15(20)7-8-21-14-4-2-1-3-12(14)17/h1-6,9H,7-8,18H2,(H,19,20). The topological polar surface area (TPSA) is 64.3 Å². The van der Waals surface area contributed by atoms with Gasteiger partial charge in [0.2, 0.25) is 5.91 Å². The number of para-hydroxylation sites is 1. The van der Waals surface area contributed by atoms with Gasteiger partial charge in [0.15, 0.2) is 0 Å². The maximum Gasteiger partial charge on any atom is 0.227 e. The van der Waals surface area contributed by atoms with E-state index in [-0.39, 0.29) is 24.6 Å². The first kappa shape index (κ1) is 15.6. The van der Waals surface area contributed by atoms with Crippen LogP contribution in [0.3, 0.4) is 0 Å². The van der Waals surface area contributed by atoms with Crippen LogP contribution < -0.4 is 15.8 Å². The summed E-state index contributed by atoms with van der Waals surface area (Å²) in [6, 6.07) is 11.6. The Bertz CT molecular complexity index is 649. The molecule has 0 saturated heterocycles. The molecule has 0 fully saturated rings. The van der Waals surface area contributed by atoms with Gasteiger partial charge in [-0.2, -0.15) is 0 Å². The first-order chi connectivity index (χ1) is 10.1. The predicted molar refractivity (Wildman–Crippen MR) is 88.7 cm³/mol. The van der Waals surface area contributed by atoms with Gasteiger partial charge >= 0.3 is 0 Å². The normalized spacial score (nSPS) is 10.2. The lowest BCUT2D eigenvalue weighted by molar-refractivity contribution is -0.116. The van der Waals surface area contributed by atoms with E-state index < -0.39 is 5.82 Å². The molecule has 0 radical (unpaired) electrons. The SMILES string of the molecule is Nc1cc(NC(=O)CCOc2ccccc2I)ccc1F. The summed E-state index contributed by atoms with van der Waals surface area (Å²) >= 11 is 2.17. The minimum atomic E-state index is -0.505. The number of nitrogens with one attached hydrogen (secondary N) is 1. The highest BCUT2D eigenvalue weighted by Gasteiger charge is 2.06. The zero-order valence-corrected chi connectivity index (χ0v) is 13.3. The third-order valence-electron chi connectivity index (χ3n) is 2.70. The lowest BCUT2D eigenvalue weighted by Gasteiger charge is -2.09. The molecule has 0 aliphatic rings. The van der Waals surface area contributed by atoms with Crippen LogP contribution in [-0.2, 0) is 4.79 Å². The number of hydrogen-bond donors (Lipinski definition) is 2. The van der Waals surface area contributed by atoms with Crippen molar-refractivity contribution in [1.82, 2.24) is 0 Å². The van der Waals surface area contributed by atoms with Crippen molar-refractivity contribution >= 4 is 39.9 Å². The number of rotatable bonds is 5. The van der Waals surface area contributed by atoms with E-state index in [0.717, 1.165) is 9.32 Å². The van der Waals surface area contributed by atoms with E-state index >= 15 is 0 Å². The number of benzene rings is 2. The maximum absolute atomic E-state index is 13.0. The van der Waals surface area contributed by atoms with E-state index in [0.29, 0.717) is 5.69 Å². The van der Waals surface area contributed by atoms with Crippen LogP contribution in [0, 0.1) is 9.39 Å². The van der Waals surface area contributed by atoms with Crippen LogP contribution in [0.2, 0.25) is 0 Å². The minimum absolute atomic E-state index is 0.00268. The third-order valence-corrected chi connectivity index (χ3v) is 3.59. The van der Waals surface area contributed by atoms with Crippen LogP contribution in [0.5, 0.6) is 5.75 Å². The highest BCUT2D eigenvalue weighted by Crippen LogP contribution is 2.20. The molecule has 2 rings (SSSR count). The van der Waals surface area contributed by atoms with E-state index in [4.69, 9.17) is 10.5 Å². The fourth-order valence-electron chi connectivity index (χ4n) is 1.66. The molecule has 21 heavy (non-hydrogen) atoms. The maximum atomic E-state index is 13.0. The zero-order valence-electron chi connectivity index (χ0n) is 11.1. The number of nitrogen functional groups attached to an aromatic ring is 1. The van der Waals surface area contributed by atoms with Crippen LogP contribution in [-0.4, -0.2) is 12.5 Å². The van der Waals surface area contributed by atoms with Crippen molar-refractivity contribution in [1.29, 1.82) is 0 Å². The van der Waals surface area contributed by atoms with Gasteiger partial charge in [-0.15, -0.1) is 0 Å². The van der Waals surface area contributed by atoms with Gasteiger partial charge in [0.25, 0.3) is 0 Å². The Hall–Kier alpha value is -1.83. The van der Waals surface area contributed by atoms with Gasteiger partial charge in [-0.25, -0.2) is 4.39 Å². The summed E-state index contributed by atoms with van der Waals surface area (Å²) in [6.45, 7) is 0.266. The molecular weight excluding hydrogens is 386 g/mol. The van der Waals surface area contributed by atoms with Gasteiger partial charge in [-0.1, -0.05) is 12.1 Å². The molecule has 3 N–H and O–H groups in total. The summed E-state index contributed by atoms with van der Waals surface area (Å²) in [5.74, 6) is 0.0267. The smallest absolute Gasteiger partial charge is 0.227 e. The molecule has 0 spiro atoms. The van der Waals surface area contributed by atoms with Gasteiger partial charge in [-0.3, -0.25) is 4.79 Å². The predicted octanol–water partition coefficient (Wildman–Crippen LogP) is 3.42. The molecule has 0 heterocycles. The molecule has 1 amide bonds. The molecular formula is C15H14FIN2O2. The Morgan fingerprint density at radius 2 is 2.05 bits per heavy atom. The molecule has 0 aromatic heterocycles. The molecule has 0 bridgehead atoms. The fraction of sp³-hybridized carbons (Fsp3) is 0.133. The van der Waals surface area contributed by atoms with Crippen molar-refractivity contribution in [3.05, 3.63) is 51.9 Å². The molecule has 4 nitrogen and oxygen atoms in total. The number of halogens is 2. The summed E-state index contributed by atoms with van der Waals surface area (Å²) in [4.78, 5) is 11.8. The summed E-state index contributed by atoms with van der Waals surface area (Å²) in [7, 11) is 0. The Labute approximate surface area is 135 Å². The van der Waals surface area contributed by atoms with E-state index in [1.165, 1.54) is 18.2 Å². The second-order valence-corrected chi connectivity index (χ2v) is 5.48. The second-order valence-electron chi connectivity index (χ2n) is 4.31. The number of carbonyl (C=O) groups excluding carboxylic acids is 1. The van der Waals surface area contributed by atoms with Gasteiger partial charge in [-0.05, 0) is 52.9 Å². The first-order valence-corrected chi connectivity index (χ1v) is 7.36. The van der Waals surface area contributed by atoms with Crippen LogP contribution in [0.4, 0.5) is 15.8 Å². The van der Waals surface area contributed by atoms with E-state index in [1.54, 1.807) is 0 Å². The molecule has 2 aromatic rings. The fourth-order valence-corrected chi connectivity index (χ4v) is 2.20. The number of ether oxygens (including phenoxy) is 1. The van der Waals surface area contributed by atoms with Crippen LogP contribution in [0.25, 0.3) is 0 Å². The van der Waals surface area contributed by atoms with Crippen LogP contribution in [0.1, 0.15) is 6.42 Å². The van der Waals surface area contributed by atoms with Crippen molar-refractivity contribution in [3.8, 4) is 5.75 Å². The Kier molecular flexibility index (Phi) is 5.38. The Balaban J connectivity index is 1.82. The van der Waals surface area contributed by atoms with Crippen molar-refractivity contribution in [2.45, 2.75) is 6.42 Å². The monoisotopic (exact) mass is 400 g/mol. The Morgan fingerprint density at radius 1 is 1.29 bits per heavy atom. The van der Waals surface area contributed by atoms with Crippen molar-refractivity contribution in [3.63, 3.8) is 0 Å². The zero-order chi connectivity index (χ0) is 15.2. The average molecular weight is 400 g/mol. The second kappa shape index (κ2) is 7.26. The summed E-state index contributed by atoms with van der Waals surface area (Å²) in [6.07, 6.45) is 0.197. The third kappa shape index (κ3) is 4.59. The highest BCUT2D eigenvalue weighted by molar-refractivity contribution is 14.1.